The molecule has 0 aliphatic heterocycles. The van der Waals surface area contributed by atoms with Gasteiger partial charge >= 0.3 is 0 Å². The maximum Gasteiger partial charge on any atom is 0.257 e. The summed E-state index contributed by atoms with van der Waals surface area (Å²) in [6.45, 7) is 3.98. The lowest BCUT2D eigenvalue weighted by Gasteiger charge is -2.12. The molecule has 0 radical (unpaired) electrons. The third kappa shape index (κ3) is 5.61. The highest BCUT2D eigenvalue weighted by Crippen LogP contribution is 2.36. The van der Waals surface area contributed by atoms with Crippen LogP contribution in [0.25, 0.3) is 11.1 Å². The number of aromatic nitrogens is 1. The summed E-state index contributed by atoms with van der Waals surface area (Å²) >= 11 is 4.65. The molecule has 0 aliphatic rings. The lowest BCUT2D eigenvalue weighted by Crippen LogP contribution is -2.19. The number of amides is 1. The fraction of sp³-hybridized carbons (Fsp3) is 0.150. The largest absolute Gasteiger partial charge is 0.493 e. The number of halogens is 1. The summed E-state index contributed by atoms with van der Waals surface area (Å²) in [4.78, 5) is 16.3. The van der Waals surface area contributed by atoms with Crippen molar-refractivity contribution in [3.05, 3.63) is 59.1 Å². The van der Waals surface area contributed by atoms with Crippen LogP contribution in [0.3, 0.4) is 0 Å². The van der Waals surface area contributed by atoms with Crippen LogP contribution in [0, 0.1) is 0 Å². The molecule has 2 aromatic carbocycles. The van der Waals surface area contributed by atoms with Gasteiger partial charge < -0.3 is 13.9 Å². The molecule has 7 nitrogen and oxygen atoms in total. The standard InChI is InChI=1S/C20H18BrN3O4S/c1-3-8-27-19-14(21)9-13(10-17(19)26-2)11-22-24-18(25)12-29-20-23-15-6-4-5-7-16(15)28-20/h3-7,9-11H,1,8,12H2,2H3,(H,24,25)/b22-11-. The Labute approximate surface area is 180 Å². The van der Waals surface area contributed by atoms with Crippen LogP contribution in [0.2, 0.25) is 0 Å². The van der Waals surface area contributed by atoms with Crippen LogP contribution in [0.15, 0.2) is 68.3 Å². The number of oxazole rings is 1. The predicted octanol–water partition coefficient (Wildman–Crippen LogP) is 4.41. The smallest absolute Gasteiger partial charge is 0.257 e. The minimum atomic E-state index is -0.273. The van der Waals surface area contributed by atoms with Gasteiger partial charge in [0, 0.05) is 0 Å². The number of carbonyl (C=O) groups excluding carboxylic acids is 1. The molecule has 9 heteroatoms. The Hall–Kier alpha value is -2.78. The van der Waals surface area contributed by atoms with Gasteiger partial charge in [0.15, 0.2) is 17.1 Å². The molecule has 1 heterocycles. The van der Waals surface area contributed by atoms with E-state index in [4.69, 9.17) is 13.9 Å². The fourth-order valence-electron chi connectivity index (χ4n) is 2.35. The first-order valence-corrected chi connectivity index (χ1v) is 10.3. The van der Waals surface area contributed by atoms with Gasteiger partial charge in [-0.15, -0.1) is 0 Å². The quantitative estimate of drug-likeness (QED) is 0.213. The van der Waals surface area contributed by atoms with E-state index in [0.29, 0.717) is 33.4 Å². The molecule has 1 amide bonds. The van der Waals surface area contributed by atoms with E-state index in [1.54, 1.807) is 19.3 Å². The van der Waals surface area contributed by atoms with Crippen LogP contribution in [0.4, 0.5) is 0 Å². The van der Waals surface area contributed by atoms with Crippen molar-refractivity contribution in [3.63, 3.8) is 0 Å². The molecule has 0 spiro atoms. The molecular formula is C20H18BrN3O4S. The molecule has 0 aliphatic carbocycles. The van der Waals surface area contributed by atoms with Crippen LogP contribution in [-0.2, 0) is 4.79 Å². The van der Waals surface area contributed by atoms with E-state index >= 15 is 0 Å². The minimum Gasteiger partial charge on any atom is -0.493 e. The van der Waals surface area contributed by atoms with Crippen molar-refractivity contribution in [3.8, 4) is 11.5 Å². The number of carbonyl (C=O) groups is 1. The summed E-state index contributed by atoms with van der Waals surface area (Å²) in [6.07, 6.45) is 3.17. The number of thioether (sulfide) groups is 1. The van der Waals surface area contributed by atoms with E-state index in [1.807, 2.05) is 30.3 Å². The van der Waals surface area contributed by atoms with Crippen molar-refractivity contribution in [1.29, 1.82) is 0 Å². The van der Waals surface area contributed by atoms with Crippen molar-refractivity contribution in [2.75, 3.05) is 19.5 Å². The zero-order valence-corrected chi connectivity index (χ0v) is 18.0. The van der Waals surface area contributed by atoms with E-state index < -0.39 is 0 Å². The Balaban J connectivity index is 1.56. The second-order valence-corrected chi connectivity index (χ2v) is 7.44. The van der Waals surface area contributed by atoms with Crippen molar-refractivity contribution < 1.29 is 18.7 Å². The SMILES string of the molecule is C=CCOc1c(Br)cc(/C=N\NC(=O)CSc2nc3ccccc3o2)cc1OC. The maximum absolute atomic E-state index is 12.0. The third-order valence-electron chi connectivity index (χ3n) is 3.60. The van der Waals surface area contributed by atoms with Gasteiger partial charge in [-0.05, 0) is 45.8 Å². The van der Waals surface area contributed by atoms with Crippen molar-refractivity contribution in [2.24, 2.45) is 5.10 Å². The fourth-order valence-corrected chi connectivity index (χ4v) is 3.55. The average molecular weight is 476 g/mol. The molecule has 1 aromatic heterocycles. The molecular weight excluding hydrogens is 458 g/mol. The molecule has 0 fully saturated rings. The predicted molar refractivity (Wildman–Crippen MR) is 117 cm³/mol. The Morgan fingerprint density at radius 3 is 3.00 bits per heavy atom. The number of benzene rings is 2. The van der Waals surface area contributed by atoms with Crippen LogP contribution in [0.5, 0.6) is 11.5 Å². The van der Waals surface area contributed by atoms with E-state index in [2.05, 4.69) is 38.0 Å². The molecule has 0 bridgehead atoms. The van der Waals surface area contributed by atoms with Crippen LogP contribution in [-0.4, -0.2) is 36.6 Å². The van der Waals surface area contributed by atoms with E-state index in [0.717, 1.165) is 11.1 Å². The second-order valence-electron chi connectivity index (χ2n) is 5.66. The number of rotatable bonds is 9. The first-order chi connectivity index (χ1) is 14.1. The van der Waals surface area contributed by atoms with Gasteiger partial charge in [-0.3, -0.25) is 4.79 Å². The number of nitrogens with zero attached hydrogens (tertiary/aromatic N) is 2. The first-order valence-electron chi connectivity index (χ1n) is 8.52. The minimum absolute atomic E-state index is 0.130. The third-order valence-corrected chi connectivity index (χ3v) is 5.02. The topological polar surface area (TPSA) is 86.0 Å². The van der Waals surface area contributed by atoms with Crippen LogP contribution < -0.4 is 14.9 Å². The molecule has 3 rings (SSSR count). The number of ether oxygens (including phenoxy) is 2. The molecule has 0 saturated carbocycles. The molecule has 29 heavy (non-hydrogen) atoms. The molecule has 3 aromatic rings. The highest BCUT2D eigenvalue weighted by molar-refractivity contribution is 9.10. The van der Waals surface area contributed by atoms with Gasteiger partial charge in [0.2, 0.25) is 0 Å². The molecule has 150 valence electrons. The Bertz CT molecular complexity index is 1020. The zero-order chi connectivity index (χ0) is 20.6. The number of hydrazone groups is 1. The summed E-state index contributed by atoms with van der Waals surface area (Å²) in [7, 11) is 1.55. The van der Waals surface area contributed by atoms with Crippen LogP contribution in [0.1, 0.15) is 5.56 Å². The summed E-state index contributed by atoms with van der Waals surface area (Å²) < 4.78 is 17.2. The van der Waals surface area contributed by atoms with Gasteiger partial charge in [-0.2, -0.15) is 5.10 Å². The average Bonchev–Trinajstić information content (AvgIpc) is 3.14. The van der Waals surface area contributed by atoms with Crippen molar-refractivity contribution in [1.82, 2.24) is 10.4 Å². The molecule has 0 unspecified atom stereocenters. The number of para-hydroxylation sites is 2. The number of fused-ring (bicyclic) bond motifs is 1. The number of nitrogens with one attached hydrogen (secondary N) is 1. The highest BCUT2D eigenvalue weighted by atomic mass is 79.9. The number of hydrogen-bond donors (Lipinski definition) is 1. The highest BCUT2D eigenvalue weighted by Gasteiger charge is 2.11. The summed E-state index contributed by atoms with van der Waals surface area (Å²) in [5, 5.41) is 4.42. The summed E-state index contributed by atoms with van der Waals surface area (Å²) in [5.41, 5.74) is 4.66. The zero-order valence-electron chi connectivity index (χ0n) is 15.6. The molecule has 0 atom stereocenters. The van der Waals surface area contributed by atoms with E-state index in [9.17, 15) is 4.79 Å². The van der Waals surface area contributed by atoms with Gasteiger partial charge in [0.1, 0.15) is 12.1 Å². The monoisotopic (exact) mass is 475 g/mol. The normalized spacial score (nSPS) is 11.0. The Kier molecular flexibility index (Phi) is 7.31. The number of hydrogen-bond acceptors (Lipinski definition) is 7. The second kappa shape index (κ2) is 10.1. The van der Waals surface area contributed by atoms with E-state index in [-0.39, 0.29) is 11.7 Å². The summed E-state index contributed by atoms with van der Waals surface area (Å²) in [6, 6.07) is 11.0. The molecule has 1 N–H and O–H groups in total. The van der Waals surface area contributed by atoms with Gasteiger partial charge in [-0.1, -0.05) is 36.5 Å². The summed E-state index contributed by atoms with van der Waals surface area (Å²) in [5.74, 6) is 0.972. The lowest BCUT2D eigenvalue weighted by molar-refractivity contribution is -0.118. The maximum atomic E-state index is 12.0. The Morgan fingerprint density at radius 2 is 2.24 bits per heavy atom. The van der Waals surface area contributed by atoms with Crippen molar-refractivity contribution >= 4 is 50.9 Å². The number of methoxy groups -OCH3 is 1. The van der Waals surface area contributed by atoms with Gasteiger partial charge in [0.05, 0.1) is 23.5 Å². The van der Waals surface area contributed by atoms with Gasteiger partial charge in [0.25, 0.3) is 11.1 Å². The van der Waals surface area contributed by atoms with Crippen molar-refractivity contribution in [2.45, 2.75) is 5.22 Å². The Morgan fingerprint density at radius 1 is 1.41 bits per heavy atom. The molecule has 0 saturated heterocycles. The van der Waals surface area contributed by atoms with E-state index in [1.165, 1.54) is 18.0 Å². The van der Waals surface area contributed by atoms with Gasteiger partial charge in [-0.25, -0.2) is 10.4 Å². The lowest BCUT2D eigenvalue weighted by atomic mass is 10.2. The van der Waals surface area contributed by atoms with Crippen LogP contribution >= 0.6 is 27.7 Å². The first kappa shape index (κ1) is 20.9.